The van der Waals surface area contributed by atoms with E-state index in [0.29, 0.717) is 6.61 Å². The predicted molar refractivity (Wildman–Crippen MR) is 94.8 cm³/mol. The maximum absolute atomic E-state index is 6.28. The van der Waals surface area contributed by atoms with E-state index in [0.717, 1.165) is 34.1 Å². The molecule has 0 aromatic heterocycles. The van der Waals surface area contributed by atoms with Crippen molar-refractivity contribution in [1.29, 1.82) is 0 Å². The van der Waals surface area contributed by atoms with Gasteiger partial charge in [0.2, 0.25) is 0 Å². The summed E-state index contributed by atoms with van der Waals surface area (Å²) in [6.07, 6.45) is 0.873. The molecule has 2 aromatic carbocycles. The smallest absolute Gasteiger partial charge is 0.130 e. The Morgan fingerprint density at radius 2 is 1.83 bits per heavy atom. The second-order valence-electron chi connectivity index (χ2n) is 7.03. The molecule has 1 aliphatic heterocycles. The number of ether oxygens (including phenoxy) is 2. The molecule has 0 saturated carbocycles. The molecule has 3 heteroatoms. The molecule has 1 heterocycles. The number of halogens is 1. The molecule has 2 nitrogen and oxygen atoms in total. The minimum absolute atomic E-state index is 0.184. The average Bonchev–Trinajstić information content (AvgIpc) is 2.77. The van der Waals surface area contributed by atoms with Crippen molar-refractivity contribution in [1.82, 2.24) is 0 Å². The van der Waals surface area contributed by atoms with Gasteiger partial charge in [-0.05, 0) is 69.0 Å². The number of fused-ring (bicyclic) bond motifs is 1. The lowest BCUT2D eigenvalue weighted by molar-refractivity contribution is 0.135. The fourth-order valence-corrected chi connectivity index (χ4v) is 3.41. The van der Waals surface area contributed by atoms with E-state index in [9.17, 15) is 0 Å². The first-order chi connectivity index (χ1) is 10.8. The molecule has 0 saturated heterocycles. The van der Waals surface area contributed by atoms with E-state index in [1.807, 2.05) is 12.1 Å². The van der Waals surface area contributed by atoms with Crippen LogP contribution < -0.4 is 9.47 Å². The normalized spacial score (nSPS) is 15.2. The number of hydrogen-bond donors (Lipinski definition) is 0. The quantitative estimate of drug-likeness (QED) is 0.733. The summed E-state index contributed by atoms with van der Waals surface area (Å²) < 4.78 is 12.3. The molecule has 0 fully saturated rings. The molecule has 0 radical (unpaired) electrons. The summed E-state index contributed by atoms with van der Waals surface area (Å²) in [6.45, 7) is 10.9. The number of benzene rings is 2. The first-order valence-corrected chi connectivity index (χ1v) is 8.34. The van der Waals surface area contributed by atoms with Gasteiger partial charge in [0.15, 0.2) is 0 Å². The summed E-state index contributed by atoms with van der Waals surface area (Å²) in [5.41, 5.74) is 5.56. The monoisotopic (exact) mass is 330 g/mol. The van der Waals surface area contributed by atoms with Gasteiger partial charge in [0.1, 0.15) is 23.7 Å². The van der Waals surface area contributed by atoms with Crippen molar-refractivity contribution in [3.8, 4) is 11.5 Å². The molecular formula is C20H23ClO2. The average molecular weight is 331 g/mol. The largest absolute Gasteiger partial charge is 0.488 e. The fraction of sp³-hybridized carbons (Fsp3) is 0.400. The lowest BCUT2D eigenvalue weighted by atomic mass is 10.0. The summed E-state index contributed by atoms with van der Waals surface area (Å²) in [4.78, 5) is 0. The van der Waals surface area contributed by atoms with E-state index in [-0.39, 0.29) is 5.60 Å². The van der Waals surface area contributed by atoms with E-state index in [1.165, 1.54) is 16.7 Å². The molecule has 0 amide bonds. The lowest BCUT2D eigenvalue weighted by Gasteiger charge is -2.19. The SMILES string of the molecule is Cc1ccc(C)c(OCc2cc(Cl)cc3c2OC(C)(C)C3)c1C. The van der Waals surface area contributed by atoms with Gasteiger partial charge in [0.25, 0.3) is 0 Å². The fourth-order valence-electron chi connectivity index (χ4n) is 3.15. The Morgan fingerprint density at radius 1 is 1.13 bits per heavy atom. The van der Waals surface area contributed by atoms with Crippen molar-refractivity contribution in [2.24, 2.45) is 0 Å². The van der Waals surface area contributed by atoms with Crippen LogP contribution in [0.4, 0.5) is 0 Å². The molecule has 1 aliphatic rings. The van der Waals surface area contributed by atoms with Gasteiger partial charge in [0, 0.05) is 17.0 Å². The third kappa shape index (κ3) is 3.18. The van der Waals surface area contributed by atoms with Gasteiger partial charge in [0.05, 0.1) is 0 Å². The Balaban J connectivity index is 1.90. The summed E-state index contributed by atoms with van der Waals surface area (Å²) in [5.74, 6) is 1.89. The topological polar surface area (TPSA) is 18.5 Å². The van der Waals surface area contributed by atoms with E-state index in [2.05, 4.69) is 46.8 Å². The summed E-state index contributed by atoms with van der Waals surface area (Å²) in [7, 11) is 0. The summed E-state index contributed by atoms with van der Waals surface area (Å²) >= 11 is 6.28. The van der Waals surface area contributed by atoms with Crippen LogP contribution in [0.2, 0.25) is 5.02 Å². The molecule has 0 N–H and O–H groups in total. The molecule has 2 aromatic rings. The highest BCUT2D eigenvalue weighted by Crippen LogP contribution is 2.40. The minimum Gasteiger partial charge on any atom is -0.488 e. The van der Waals surface area contributed by atoms with Gasteiger partial charge in [-0.2, -0.15) is 0 Å². The zero-order valence-corrected chi connectivity index (χ0v) is 15.2. The van der Waals surface area contributed by atoms with Crippen LogP contribution in [0.5, 0.6) is 11.5 Å². The summed E-state index contributed by atoms with van der Waals surface area (Å²) in [5, 5.41) is 0.737. The third-order valence-corrected chi connectivity index (χ3v) is 4.67. The van der Waals surface area contributed by atoms with Crippen LogP contribution in [0.25, 0.3) is 0 Å². The second-order valence-corrected chi connectivity index (χ2v) is 7.47. The van der Waals surface area contributed by atoms with Gasteiger partial charge in [-0.1, -0.05) is 23.7 Å². The zero-order chi connectivity index (χ0) is 16.8. The van der Waals surface area contributed by atoms with Gasteiger partial charge >= 0.3 is 0 Å². The van der Waals surface area contributed by atoms with Crippen molar-refractivity contribution in [2.45, 2.75) is 53.2 Å². The summed E-state index contributed by atoms with van der Waals surface area (Å²) in [6, 6.07) is 8.17. The van der Waals surface area contributed by atoms with Crippen LogP contribution in [0.3, 0.4) is 0 Å². The van der Waals surface area contributed by atoms with Crippen molar-refractivity contribution in [3.05, 3.63) is 57.1 Å². The second kappa shape index (κ2) is 5.76. The van der Waals surface area contributed by atoms with Crippen LogP contribution in [0, 0.1) is 20.8 Å². The molecule has 0 bridgehead atoms. The molecule has 122 valence electrons. The van der Waals surface area contributed by atoms with Crippen molar-refractivity contribution in [3.63, 3.8) is 0 Å². The first kappa shape index (κ1) is 16.2. The van der Waals surface area contributed by atoms with Crippen LogP contribution in [-0.2, 0) is 13.0 Å². The standard InChI is InChI=1S/C20H23ClO2/c1-12-6-7-13(2)18(14(12)3)22-11-16-9-17(21)8-15-10-20(4,5)23-19(15)16/h6-9H,10-11H2,1-5H3. The van der Waals surface area contributed by atoms with Gasteiger partial charge in [-0.15, -0.1) is 0 Å². The van der Waals surface area contributed by atoms with E-state index >= 15 is 0 Å². The number of aryl methyl sites for hydroxylation is 2. The van der Waals surface area contributed by atoms with Crippen molar-refractivity contribution in [2.75, 3.05) is 0 Å². The highest BCUT2D eigenvalue weighted by molar-refractivity contribution is 6.30. The molecule has 0 spiro atoms. The zero-order valence-electron chi connectivity index (χ0n) is 14.4. The van der Waals surface area contributed by atoms with E-state index < -0.39 is 0 Å². The maximum atomic E-state index is 6.28. The molecule has 23 heavy (non-hydrogen) atoms. The number of rotatable bonds is 3. The molecule has 0 unspecified atom stereocenters. The van der Waals surface area contributed by atoms with Crippen LogP contribution in [-0.4, -0.2) is 5.60 Å². The molecule has 0 aliphatic carbocycles. The van der Waals surface area contributed by atoms with Gasteiger partial charge in [-0.25, -0.2) is 0 Å². The van der Waals surface area contributed by atoms with Crippen LogP contribution in [0.15, 0.2) is 24.3 Å². The highest BCUT2D eigenvalue weighted by Gasteiger charge is 2.32. The third-order valence-electron chi connectivity index (χ3n) is 4.45. The Hall–Kier alpha value is -1.67. The van der Waals surface area contributed by atoms with Crippen LogP contribution in [0.1, 0.15) is 41.7 Å². The van der Waals surface area contributed by atoms with Crippen molar-refractivity contribution >= 4 is 11.6 Å². The van der Waals surface area contributed by atoms with E-state index in [4.69, 9.17) is 21.1 Å². The van der Waals surface area contributed by atoms with Crippen molar-refractivity contribution < 1.29 is 9.47 Å². The van der Waals surface area contributed by atoms with Gasteiger partial charge in [-0.3, -0.25) is 0 Å². The Labute approximate surface area is 143 Å². The molecule has 3 rings (SSSR count). The molecular weight excluding hydrogens is 308 g/mol. The number of hydrogen-bond acceptors (Lipinski definition) is 2. The Kier molecular flexibility index (Phi) is 4.05. The van der Waals surface area contributed by atoms with Gasteiger partial charge < -0.3 is 9.47 Å². The first-order valence-electron chi connectivity index (χ1n) is 7.97. The Bertz CT molecular complexity index is 763. The Morgan fingerprint density at radius 3 is 2.57 bits per heavy atom. The molecule has 0 atom stereocenters. The maximum Gasteiger partial charge on any atom is 0.130 e. The predicted octanol–water partition coefficient (Wildman–Crippen LogP) is 5.56. The highest BCUT2D eigenvalue weighted by atomic mass is 35.5. The lowest BCUT2D eigenvalue weighted by Crippen LogP contribution is -2.25. The van der Waals surface area contributed by atoms with E-state index in [1.54, 1.807) is 0 Å². The van der Waals surface area contributed by atoms with Crippen LogP contribution >= 0.6 is 11.6 Å². The minimum atomic E-state index is -0.184.